The SMILES string of the molecule is C[C@H]1C[C@@H](C(=O)N2CCC(C(F)(F)F)CC2)CCN1.Cl. The average molecular weight is 315 g/mol. The first-order chi connectivity index (χ1) is 8.88. The molecule has 0 aliphatic carbocycles. The van der Waals surface area contributed by atoms with Crippen LogP contribution in [0, 0.1) is 11.8 Å². The summed E-state index contributed by atoms with van der Waals surface area (Å²) in [6, 6.07) is 0.315. The molecular formula is C13H22ClF3N2O. The number of nitrogens with one attached hydrogen (secondary N) is 1. The number of rotatable bonds is 1. The highest BCUT2D eigenvalue weighted by molar-refractivity contribution is 5.85. The minimum atomic E-state index is -4.11. The Balaban J connectivity index is 0.00000200. The number of carbonyl (C=O) groups is 1. The number of nitrogens with zero attached hydrogens (tertiary/aromatic N) is 1. The molecule has 0 aromatic heterocycles. The number of hydrogen-bond acceptors (Lipinski definition) is 2. The molecule has 0 bridgehead atoms. The summed E-state index contributed by atoms with van der Waals surface area (Å²) < 4.78 is 37.7. The summed E-state index contributed by atoms with van der Waals surface area (Å²) >= 11 is 0. The van der Waals surface area contributed by atoms with Crippen molar-refractivity contribution in [3.05, 3.63) is 0 Å². The molecule has 2 saturated heterocycles. The monoisotopic (exact) mass is 314 g/mol. The summed E-state index contributed by atoms with van der Waals surface area (Å²) in [6.45, 7) is 3.36. The number of carbonyl (C=O) groups excluding carboxylic acids is 1. The van der Waals surface area contributed by atoms with Gasteiger partial charge < -0.3 is 10.2 Å². The Hall–Kier alpha value is -0.490. The normalized spacial score (nSPS) is 28.9. The van der Waals surface area contributed by atoms with E-state index < -0.39 is 12.1 Å². The van der Waals surface area contributed by atoms with Crippen LogP contribution < -0.4 is 5.32 Å². The van der Waals surface area contributed by atoms with Gasteiger partial charge in [0, 0.05) is 25.0 Å². The minimum absolute atomic E-state index is 0. The van der Waals surface area contributed by atoms with Crippen molar-refractivity contribution in [3.63, 3.8) is 0 Å². The number of alkyl halides is 3. The van der Waals surface area contributed by atoms with E-state index in [9.17, 15) is 18.0 Å². The molecule has 0 aromatic carbocycles. The van der Waals surface area contributed by atoms with Gasteiger partial charge in [0.05, 0.1) is 5.92 Å². The van der Waals surface area contributed by atoms with Gasteiger partial charge in [-0.25, -0.2) is 0 Å². The molecule has 2 rings (SSSR count). The maximum absolute atomic E-state index is 12.6. The summed E-state index contributed by atoms with van der Waals surface area (Å²) in [5, 5.41) is 3.28. The summed E-state index contributed by atoms with van der Waals surface area (Å²) in [4.78, 5) is 13.9. The molecule has 118 valence electrons. The number of halogens is 4. The standard InChI is InChI=1S/C13H21F3N2O.ClH/c1-9-8-10(2-5-17-9)12(19)18-6-3-11(4-7-18)13(14,15)16;/h9-11,17H,2-8H2,1H3;1H/t9-,10-;/m0./s1. The molecule has 7 heteroatoms. The summed E-state index contributed by atoms with van der Waals surface area (Å²) in [5.41, 5.74) is 0. The first-order valence-corrected chi connectivity index (χ1v) is 6.97. The molecule has 1 N–H and O–H groups in total. The van der Waals surface area contributed by atoms with Crippen LogP contribution in [-0.4, -0.2) is 42.7 Å². The lowest BCUT2D eigenvalue weighted by Gasteiger charge is -2.36. The fourth-order valence-corrected chi connectivity index (χ4v) is 3.04. The van der Waals surface area contributed by atoms with Gasteiger partial charge in [0.15, 0.2) is 0 Å². The zero-order valence-electron chi connectivity index (χ0n) is 11.6. The molecule has 2 heterocycles. The van der Waals surface area contributed by atoms with Crippen molar-refractivity contribution in [1.82, 2.24) is 10.2 Å². The van der Waals surface area contributed by atoms with Crippen molar-refractivity contribution in [1.29, 1.82) is 0 Å². The van der Waals surface area contributed by atoms with Crippen LogP contribution in [0.25, 0.3) is 0 Å². The topological polar surface area (TPSA) is 32.3 Å². The van der Waals surface area contributed by atoms with Crippen molar-refractivity contribution in [2.45, 2.75) is 44.8 Å². The molecule has 0 aromatic rings. The smallest absolute Gasteiger partial charge is 0.342 e. The van der Waals surface area contributed by atoms with Gasteiger partial charge in [0.1, 0.15) is 0 Å². The van der Waals surface area contributed by atoms with Crippen LogP contribution >= 0.6 is 12.4 Å². The van der Waals surface area contributed by atoms with Crippen LogP contribution in [0.2, 0.25) is 0 Å². The van der Waals surface area contributed by atoms with E-state index in [0.29, 0.717) is 6.04 Å². The predicted octanol–water partition coefficient (Wildman–Crippen LogP) is 2.60. The van der Waals surface area contributed by atoms with Gasteiger partial charge in [-0.1, -0.05) is 0 Å². The van der Waals surface area contributed by atoms with Gasteiger partial charge in [0.2, 0.25) is 5.91 Å². The van der Waals surface area contributed by atoms with Gasteiger partial charge in [0.25, 0.3) is 0 Å². The summed E-state index contributed by atoms with van der Waals surface area (Å²) in [7, 11) is 0. The molecule has 2 aliphatic heterocycles. The van der Waals surface area contributed by atoms with Gasteiger partial charge in [-0.3, -0.25) is 4.79 Å². The molecule has 0 radical (unpaired) electrons. The van der Waals surface area contributed by atoms with Crippen molar-refractivity contribution in [2.24, 2.45) is 11.8 Å². The van der Waals surface area contributed by atoms with E-state index in [2.05, 4.69) is 5.32 Å². The van der Waals surface area contributed by atoms with Gasteiger partial charge >= 0.3 is 6.18 Å². The van der Waals surface area contributed by atoms with E-state index >= 15 is 0 Å². The Kier molecular flexibility index (Phi) is 6.13. The summed E-state index contributed by atoms with van der Waals surface area (Å²) in [6.07, 6.45) is -2.43. The second-order valence-electron chi connectivity index (χ2n) is 5.72. The molecule has 0 saturated carbocycles. The van der Waals surface area contributed by atoms with Crippen LogP contribution in [0.4, 0.5) is 13.2 Å². The fourth-order valence-electron chi connectivity index (χ4n) is 3.04. The second kappa shape index (κ2) is 6.98. The van der Waals surface area contributed by atoms with E-state index in [1.807, 2.05) is 6.92 Å². The van der Waals surface area contributed by atoms with Crippen molar-refractivity contribution in [3.8, 4) is 0 Å². The molecule has 3 nitrogen and oxygen atoms in total. The maximum atomic E-state index is 12.6. The van der Waals surface area contributed by atoms with Crippen LogP contribution in [0.1, 0.15) is 32.6 Å². The Morgan fingerprint density at radius 3 is 2.30 bits per heavy atom. The molecule has 0 spiro atoms. The van der Waals surface area contributed by atoms with E-state index in [4.69, 9.17) is 0 Å². The highest BCUT2D eigenvalue weighted by Crippen LogP contribution is 2.34. The van der Waals surface area contributed by atoms with Gasteiger partial charge in [-0.15, -0.1) is 12.4 Å². The molecule has 1 amide bonds. The summed E-state index contributed by atoms with van der Waals surface area (Å²) in [5.74, 6) is -1.20. The van der Waals surface area contributed by atoms with Crippen LogP contribution in [0.5, 0.6) is 0 Å². The zero-order valence-corrected chi connectivity index (χ0v) is 12.4. The molecule has 2 atom stereocenters. The van der Waals surface area contributed by atoms with E-state index in [1.54, 1.807) is 4.90 Å². The number of hydrogen-bond donors (Lipinski definition) is 1. The molecule has 20 heavy (non-hydrogen) atoms. The molecule has 2 aliphatic rings. The minimum Gasteiger partial charge on any atom is -0.342 e. The van der Waals surface area contributed by atoms with E-state index in [1.165, 1.54) is 0 Å². The largest absolute Gasteiger partial charge is 0.391 e. The average Bonchev–Trinajstić information content (AvgIpc) is 2.37. The Morgan fingerprint density at radius 1 is 1.20 bits per heavy atom. The maximum Gasteiger partial charge on any atom is 0.391 e. The van der Waals surface area contributed by atoms with Crippen molar-refractivity contribution < 1.29 is 18.0 Å². The Morgan fingerprint density at radius 2 is 1.80 bits per heavy atom. The first-order valence-electron chi connectivity index (χ1n) is 6.97. The number of likely N-dealkylation sites (tertiary alicyclic amines) is 1. The van der Waals surface area contributed by atoms with E-state index in [0.717, 1.165) is 19.4 Å². The molecule has 0 unspecified atom stereocenters. The Bertz CT molecular complexity index is 330. The molecule has 2 fully saturated rings. The second-order valence-corrected chi connectivity index (χ2v) is 5.72. The lowest BCUT2D eigenvalue weighted by molar-refractivity contribution is -0.187. The third-order valence-corrected chi connectivity index (χ3v) is 4.24. The number of amides is 1. The number of piperidine rings is 2. The van der Waals surface area contributed by atoms with E-state index in [-0.39, 0.29) is 50.2 Å². The molecular weight excluding hydrogens is 293 g/mol. The van der Waals surface area contributed by atoms with Crippen molar-refractivity contribution >= 4 is 18.3 Å². The highest BCUT2D eigenvalue weighted by atomic mass is 35.5. The van der Waals surface area contributed by atoms with Crippen LogP contribution in [-0.2, 0) is 4.79 Å². The lowest BCUT2D eigenvalue weighted by Crippen LogP contribution is -2.47. The van der Waals surface area contributed by atoms with Gasteiger partial charge in [-0.05, 0) is 39.2 Å². The third-order valence-electron chi connectivity index (χ3n) is 4.24. The lowest BCUT2D eigenvalue weighted by atomic mass is 9.90. The highest BCUT2D eigenvalue weighted by Gasteiger charge is 2.42. The first kappa shape index (κ1) is 17.6. The van der Waals surface area contributed by atoms with Crippen LogP contribution in [0.3, 0.4) is 0 Å². The Labute approximate surface area is 123 Å². The third kappa shape index (κ3) is 4.25. The van der Waals surface area contributed by atoms with Gasteiger partial charge in [-0.2, -0.15) is 13.2 Å². The zero-order chi connectivity index (χ0) is 14.0. The fraction of sp³-hybridized carbons (Fsp3) is 0.923. The quantitative estimate of drug-likeness (QED) is 0.807. The van der Waals surface area contributed by atoms with Crippen LogP contribution in [0.15, 0.2) is 0 Å². The van der Waals surface area contributed by atoms with Crippen molar-refractivity contribution in [2.75, 3.05) is 19.6 Å². The predicted molar refractivity (Wildman–Crippen MR) is 72.8 cm³/mol.